The predicted molar refractivity (Wildman–Crippen MR) is 110 cm³/mol. The van der Waals surface area contributed by atoms with Gasteiger partial charge in [0.1, 0.15) is 16.6 Å². The Morgan fingerprint density at radius 1 is 1.21 bits per heavy atom. The molecule has 2 heterocycles. The third kappa shape index (κ3) is 4.60. The number of hydrogen-bond acceptors (Lipinski definition) is 6. The van der Waals surface area contributed by atoms with Gasteiger partial charge in [-0.2, -0.15) is 0 Å². The standard InChI is InChI=1S/C21H21FN4O2S/c1-28-17-10-4-14(5-11-17)18-3-2-12-26(18)13-19-24-25-21(29-19)20(27)23-16-8-6-15(22)7-9-16/h4-11,18H,2-3,12-13H2,1H3,(H,23,27). The number of hydrogen-bond donors (Lipinski definition) is 1. The number of amides is 1. The maximum Gasteiger partial charge on any atom is 0.286 e. The van der Waals surface area contributed by atoms with E-state index in [1.54, 1.807) is 7.11 Å². The summed E-state index contributed by atoms with van der Waals surface area (Å²) >= 11 is 1.28. The smallest absolute Gasteiger partial charge is 0.286 e. The van der Waals surface area contributed by atoms with Crippen LogP contribution in [-0.2, 0) is 6.54 Å². The van der Waals surface area contributed by atoms with Crippen LogP contribution in [0.25, 0.3) is 0 Å². The Hall–Kier alpha value is -2.84. The molecule has 8 heteroatoms. The molecule has 1 amide bonds. The maximum atomic E-state index is 13.0. The lowest BCUT2D eigenvalue weighted by molar-refractivity contribution is 0.102. The van der Waals surface area contributed by atoms with E-state index in [0.717, 1.165) is 30.1 Å². The molecule has 0 saturated carbocycles. The number of ether oxygens (including phenoxy) is 1. The van der Waals surface area contributed by atoms with Gasteiger partial charge in [-0.1, -0.05) is 23.5 Å². The maximum absolute atomic E-state index is 13.0. The fraction of sp³-hybridized carbons (Fsp3) is 0.286. The van der Waals surface area contributed by atoms with E-state index in [0.29, 0.717) is 23.3 Å². The van der Waals surface area contributed by atoms with Crippen LogP contribution in [0.2, 0.25) is 0 Å². The molecule has 0 bridgehead atoms. The zero-order chi connectivity index (χ0) is 20.2. The van der Waals surface area contributed by atoms with Gasteiger partial charge in [0.25, 0.3) is 5.91 Å². The van der Waals surface area contributed by atoms with Crippen molar-refractivity contribution in [1.29, 1.82) is 0 Å². The Morgan fingerprint density at radius 3 is 2.69 bits per heavy atom. The van der Waals surface area contributed by atoms with Gasteiger partial charge in [-0.05, 0) is 61.3 Å². The minimum absolute atomic E-state index is 0.296. The molecule has 1 aliphatic heterocycles. The molecule has 1 N–H and O–H groups in total. The molecule has 1 aromatic heterocycles. The highest BCUT2D eigenvalue weighted by Gasteiger charge is 2.27. The lowest BCUT2D eigenvalue weighted by atomic mass is 10.0. The number of carbonyl (C=O) groups excluding carboxylic acids is 1. The largest absolute Gasteiger partial charge is 0.497 e. The number of aromatic nitrogens is 2. The van der Waals surface area contributed by atoms with Gasteiger partial charge in [0, 0.05) is 11.7 Å². The fourth-order valence-electron chi connectivity index (χ4n) is 3.52. The van der Waals surface area contributed by atoms with Crippen molar-refractivity contribution in [1.82, 2.24) is 15.1 Å². The third-order valence-electron chi connectivity index (χ3n) is 4.97. The molecule has 0 radical (unpaired) electrons. The number of benzene rings is 2. The van der Waals surface area contributed by atoms with Crippen LogP contribution in [0.4, 0.5) is 10.1 Å². The van der Waals surface area contributed by atoms with Crippen LogP contribution in [0.5, 0.6) is 5.75 Å². The van der Waals surface area contributed by atoms with Gasteiger partial charge in [0.05, 0.1) is 13.7 Å². The minimum Gasteiger partial charge on any atom is -0.497 e. The highest BCUT2D eigenvalue weighted by molar-refractivity contribution is 7.13. The summed E-state index contributed by atoms with van der Waals surface area (Å²) < 4.78 is 18.2. The topological polar surface area (TPSA) is 67.3 Å². The Bertz CT molecular complexity index is 975. The molecule has 1 aliphatic rings. The van der Waals surface area contributed by atoms with Gasteiger partial charge in [-0.3, -0.25) is 9.69 Å². The summed E-state index contributed by atoms with van der Waals surface area (Å²) in [6.07, 6.45) is 2.20. The van der Waals surface area contributed by atoms with E-state index in [4.69, 9.17) is 4.74 Å². The quantitative estimate of drug-likeness (QED) is 0.655. The zero-order valence-corrected chi connectivity index (χ0v) is 16.8. The van der Waals surface area contributed by atoms with E-state index in [2.05, 4.69) is 32.5 Å². The first-order valence-corrected chi connectivity index (χ1v) is 10.2. The van der Waals surface area contributed by atoms with E-state index in [-0.39, 0.29) is 11.7 Å². The van der Waals surface area contributed by atoms with Crippen LogP contribution >= 0.6 is 11.3 Å². The number of likely N-dealkylation sites (tertiary alicyclic amines) is 1. The van der Waals surface area contributed by atoms with E-state index in [1.807, 2.05) is 12.1 Å². The Morgan fingerprint density at radius 2 is 1.97 bits per heavy atom. The van der Waals surface area contributed by atoms with Crippen molar-refractivity contribution in [2.45, 2.75) is 25.4 Å². The molecule has 150 valence electrons. The van der Waals surface area contributed by atoms with Crippen molar-refractivity contribution >= 4 is 22.9 Å². The lowest BCUT2D eigenvalue weighted by Crippen LogP contribution is -2.22. The van der Waals surface area contributed by atoms with Crippen LogP contribution in [0, 0.1) is 5.82 Å². The van der Waals surface area contributed by atoms with E-state index in [9.17, 15) is 9.18 Å². The number of nitrogens with one attached hydrogen (secondary N) is 1. The Balaban J connectivity index is 1.41. The Kier molecular flexibility index (Phi) is 5.82. The van der Waals surface area contributed by atoms with Crippen LogP contribution < -0.4 is 10.1 Å². The van der Waals surface area contributed by atoms with E-state index < -0.39 is 0 Å². The molecule has 3 aromatic rings. The molecule has 1 saturated heterocycles. The summed E-state index contributed by atoms with van der Waals surface area (Å²) in [5, 5.41) is 12.0. The summed E-state index contributed by atoms with van der Waals surface area (Å²) in [7, 11) is 1.66. The summed E-state index contributed by atoms with van der Waals surface area (Å²) in [5.41, 5.74) is 1.77. The lowest BCUT2D eigenvalue weighted by Gasteiger charge is -2.23. The molecule has 0 spiro atoms. The van der Waals surface area contributed by atoms with Gasteiger partial charge in [0.15, 0.2) is 0 Å². The van der Waals surface area contributed by atoms with Gasteiger partial charge in [-0.15, -0.1) is 10.2 Å². The second kappa shape index (κ2) is 8.67. The Labute approximate surface area is 172 Å². The van der Waals surface area contributed by atoms with Crippen molar-refractivity contribution in [2.75, 3.05) is 19.0 Å². The number of methoxy groups -OCH3 is 1. The normalized spacial score (nSPS) is 16.7. The van der Waals surface area contributed by atoms with Gasteiger partial charge in [-0.25, -0.2) is 4.39 Å². The van der Waals surface area contributed by atoms with Crippen molar-refractivity contribution in [2.24, 2.45) is 0 Å². The number of halogens is 1. The average Bonchev–Trinajstić information content (AvgIpc) is 3.40. The molecule has 6 nitrogen and oxygen atoms in total. The predicted octanol–water partition coefficient (Wildman–Crippen LogP) is 4.28. The highest BCUT2D eigenvalue weighted by Crippen LogP contribution is 2.34. The van der Waals surface area contributed by atoms with Crippen molar-refractivity contribution in [3.63, 3.8) is 0 Å². The molecule has 1 fully saturated rings. The molecule has 0 aliphatic carbocycles. The second-order valence-electron chi connectivity index (χ2n) is 6.86. The first-order chi connectivity index (χ1) is 14.1. The molecule has 29 heavy (non-hydrogen) atoms. The third-order valence-corrected chi connectivity index (χ3v) is 5.87. The van der Waals surface area contributed by atoms with Gasteiger partial charge >= 0.3 is 0 Å². The van der Waals surface area contributed by atoms with E-state index in [1.165, 1.54) is 41.2 Å². The van der Waals surface area contributed by atoms with Gasteiger partial charge in [0.2, 0.25) is 5.01 Å². The van der Waals surface area contributed by atoms with E-state index >= 15 is 0 Å². The summed E-state index contributed by atoms with van der Waals surface area (Å²) in [5.74, 6) is 0.158. The fourth-order valence-corrected chi connectivity index (χ4v) is 4.28. The van der Waals surface area contributed by atoms with Crippen LogP contribution in [-0.4, -0.2) is 34.7 Å². The number of nitrogens with zero attached hydrogens (tertiary/aromatic N) is 3. The molecular formula is C21H21FN4O2S. The molecular weight excluding hydrogens is 391 g/mol. The molecule has 2 aromatic carbocycles. The minimum atomic E-state index is -0.349. The van der Waals surface area contributed by atoms with Crippen LogP contribution in [0.1, 0.15) is 39.3 Å². The first kappa shape index (κ1) is 19.5. The number of carbonyl (C=O) groups is 1. The van der Waals surface area contributed by atoms with Crippen molar-refractivity contribution in [3.05, 3.63) is 69.9 Å². The summed E-state index contributed by atoms with van der Waals surface area (Å²) in [6.45, 7) is 1.63. The van der Waals surface area contributed by atoms with Gasteiger partial charge < -0.3 is 10.1 Å². The first-order valence-electron chi connectivity index (χ1n) is 9.39. The highest BCUT2D eigenvalue weighted by atomic mass is 32.1. The van der Waals surface area contributed by atoms with Crippen LogP contribution in [0.15, 0.2) is 48.5 Å². The van der Waals surface area contributed by atoms with Crippen LogP contribution in [0.3, 0.4) is 0 Å². The molecule has 1 unspecified atom stereocenters. The monoisotopic (exact) mass is 412 g/mol. The number of anilines is 1. The summed E-state index contributed by atoms with van der Waals surface area (Å²) in [6, 6.07) is 14.1. The van der Waals surface area contributed by atoms with Crippen molar-refractivity contribution in [3.8, 4) is 5.75 Å². The molecule has 1 atom stereocenters. The SMILES string of the molecule is COc1ccc(C2CCCN2Cc2nnc(C(=O)Nc3ccc(F)cc3)s2)cc1. The zero-order valence-electron chi connectivity index (χ0n) is 16.0. The number of rotatable bonds is 6. The summed E-state index contributed by atoms with van der Waals surface area (Å²) in [4.78, 5) is 14.7. The second-order valence-corrected chi connectivity index (χ2v) is 7.93. The average molecular weight is 412 g/mol. The molecule has 4 rings (SSSR count). The van der Waals surface area contributed by atoms with Crippen molar-refractivity contribution < 1.29 is 13.9 Å².